The summed E-state index contributed by atoms with van der Waals surface area (Å²) < 4.78 is 0. The van der Waals surface area contributed by atoms with Crippen molar-refractivity contribution in [3.8, 4) is 0 Å². The number of carbonyl (C=O) groups is 2. The fourth-order valence-corrected chi connectivity index (χ4v) is 10.2. The van der Waals surface area contributed by atoms with Crippen LogP contribution in [0.15, 0.2) is 0 Å². The Kier molecular flexibility index (Phi) is 6.78. The normalized spacial score (nSPS) is 48.1. The summed E-state index contributed by atoms with van der Waals surface area (Å²) in [4.78, 5) is 26.0. The van der Waals surface area contributed by atoms with E-state index in [9.17, 15) is 24.9 Å². The maximum absolute atomic E-state index is 12.9. The van der Waals surface area contributed by atoms with Crippen molar-refractivity contribution in [3.05, 3.63) is 0 Å². The molecule has 3 N–H and O–H groups in total. The molecule has 198 valence electrons. The molecular formula is C29H47NO5. The smallest absolute Gasteiger partial charge is 0.326 e. The van der Waals surface area contributed by atoms with Crippen LogP contribution in [-0.4, -0.2) is 56.9 Å². The second kappa shape index (κ2) is 9.31. The van der Waals surface area contributed by atoms with Crippen molar-refractivity contribution in [1.82, 2.24) is 4.90 Å². The molecule has 1 saturated heterocycles. The van der Waals surface area contributed by atoms with Crippen LogP contribution in [0.1, 0.15) is 97.8 Å². The number of nitrogens with zero attached hydrogens (tertiary/aromatic N) is 1. The molecule has 35 heavy (non-hydrogen) atoms. The second-order valence-corrected chi connectivity index (χ2v) is 13.6. The van der Waals surface area contributed by atoms with Crippen LogP contribution in [-0.2, 0) is 9.59 Å². The molecule has 6 nitrogen and oxygen atoms in total. The molecule has 0 bridgehead atoms. The van der Waals surface area contributed by atoms with E-state index in [4.69, 9.17) is 0 Å². The summed E-state index contributed by atoms with van der Waals surface area (Å²) in [6, 6.07) is -0.639. The zero-order valence-electron chi connectivity index (χ0n) is 22.0. The molecule has 0 aromatic carbocycles. The summed E-state index contributed by atoms with van der Waals surface area (Å²) in [5.74, 6) is 2.01. The number of likely N-dealkylation sites (tertiary alicyclic amines) is 1. The molecule has 5 rings (SSSR count). The summed E-state index contributed by atoms with van der Waals surface area (Å²) in [5, 5.41) is 31.2. The van der Waals surface area contributed by atoms with Crippen molar-refractivity contribution in [2.45, 2.75) is 116 Å². The molecular weight excluding hydrogens is 442 g/mol. The Hall–Kier alpha value is -1.14. The van der Waals surface area contributed by atoms with Crippen molar-refractivity contribution in [2.75, 3.05) is 6.54 Å². The van der Waals surface area contributed by atoms with E-state index >= 15 is 0 Å². The van der Waals surface area contributed by atoms with Gasteiger partial charge < -0.3 is 20.2 Å². The number of aliphatic hydroxyl groups excluding tert-OH is 2. The highest BCUT2D eigenvalue weighted by molar-refractivity contribution is 5.84. The quantitative estimate of drug-likeness (QED) is 0.529. The number of carboxylic acid groups (broad SMARTS) is 1. The molecule has 4 aliphatic carbocycles. The summed E-state index contributed by atoms with van der Waals surface area (Å²) in [6.07, 6.45) is 10.6. The average Bonchev–Trinajstić information content (AvgIpc) is 3.43. The van der Waals surface area contributed by atoms with Gasteiger partial charge in [-0.2, -0.15) is 0 Å². The van der Waals surface area contributed by atoms with E-state index in [0.29, 0.717) is 54.9 Å². The van der Waals surface area contributed by atoms with Gasteiger partial charge in [0.1, 0.15) is 6.04 Å². The molecule has 6 heteroatoms. The third-order valence-corrected chi connectivity index (χ3v) is 12.1. The van der Waals surface area contributed by atoms with Crippen LogP contribution in [0.4, 0.5) is 0 Å². The van der Waals surface area contributed by atoms with E-state index in [1.165, 1.54) is 25.7 Å². The van der Waals surface area contributed by atoms with Gasteiger partial charge in [-0.3, -0.25) is 4.79 Å². The molecule has 1 aliphatic heterocycles. The highest BCUT2D eigenvalue weighted by atomic mass is 16.4. The first-order valence-electron chi connectivity index (χ1n) is 14.4. The average molecular weight is 490 g/mol. The Balaban J connectivity index is 1.26. The summed E-state index contributed by atoms with van der Waals surface area (Å²) in [6.45, 7) is 7.80. The van der Waals surface area contributed by atoms with Crippen molar-refractivity contribution >= 4 is 11.9 Å². The predicted molar refractivity (Wildman–Crippen MR) is 133 cm³/mol. The van der Waals surface area contributed by atoms with Gasteiger partial charge in [-0.15, -0.1) is 0 Å². The number of hydrogen-bond donors (Lipinski definition) is 3. The Morgan fingerprint density at radius 1 is 0.971 bits per heavy atom. The van der Waals surface area contributed by atoms with E-state index < -0.39 is 12.0 Å². The molecule has 4 saturated carbocycles. The van der Waals surface area contributed by atoms with E-state index in [1.807, 2.05) is 0 Å². The molecule has 5 fully saturated rings. The molecule has 5 aliphatic rings. The second-order valence-electron chi connectivity index (χ2n) is 13.6. The highest BCUT2D eigenvalue weighted by Crippen LogP contribution is 2.68. The van der Waals surface area contributed by atoms with E-state index in [2.05, 4.69) is 20.8 Å². The highest BCUT2D eigenvalue weighted by Gasteiger charge is 2.62. The van der Waals surface area contributed by atoms with Crippen LogP contribution >= 0.6 is 0 Å². The van der Waals surface area contributed by atoms with Crippen molar-refractivity contribution in [3.63, 3.8) is 0 Å². The number of hydrogen-bond acceptors (Lipinski definition) is 4. The molecule has 0 spiro atoms. The molecule has 4 unspecified atom stereocenters. The Morgan fingerprint density at radius 3 is 2.43 bits per heavy atom. The molecule has 1 amide bonds. The third-order valence-electron chi connectivity index (χ3n) is 12.1. The minimum Gasteiger partial charge on any atom is -0.480 e. The first-order valence-corrected chi connectivity index (χ1v) is 14.4. The van der Waals surface area contributed by atoms with Gasteiger partial charge in [-0.1, -0.05) is 20.8 Å². The molecule has 0 radical (unpaired) electrons. The number of aliphatic hydroxyl groups is 2. The zero-order chi connectivity index (χ0) is 25.1. The van der Waals surface area contributed by atoms with Gasteiger partial charge in [0, 0.05) is 13.0 Å². The van der Waals surface area contributed by atoms with E-state index in [1.54, 1.807) is 4.90 Å². The molecule has 11 atom stereocenters. The topological polar surface area (TPSA) is 98.1 Å². The Labute approximate surface area is 210 Å². The lowest BCUT2D eigenvalue weighted by molar-refractivity contribution is -0.174. The molecule has 0 aromatic heterocycles. The van der Waals surface area contributed by atoms with Gasteiger partial charge in [0.05, 0.1) is 12.2 Å². The van der Waals surface area contributed by atoms with Crippen LogP contribution < -0.4 is 0 Å². The fourth-order valence-electron chi connectivity index (χ4n) is 10.2. The molecule has 1 heterocycles. The summed E-state index contributed by atoms with van der Waals surface area (Å²) >= 11 is 0. The third kappa shape index (κ3) is 4.15. The number of aliphatic carboxylic acids is 1. The minimum atomic E-state index is -0.874. The monoisotopic (exact) mass is 489 g/mol. The number of fused-ring (bicyclic) bond motifs is 5. The van der Waals surface area contributed by atoms with E-state index in [-0.39, 0.29) is 28.9 Å². The van der Waals surface area contributed by atoms with Crippen molar-refractivity contribution in [2.24, 2.45) is 46.3 Å². The van der Waals surface area contributed by atoms with Gasteiger partial charge in [-0.05, 0) is 117 Å². The van der Waals surface area contributed by atoms with Crippen LogP contribution in [0.3, 0.4) is 0 Å². The van der Waals surface area contributed by atoms with E-state index in [0.717, 1.165) is 38.5 Å². The maximum atomic E-state index is 12.9. The van der Waals surface area contributed by atoms with Gasteiger partial charge in [0.25, 0.3) is 0 Å². The van der Waals surface area contributed by atoms with Crippen LogP contribution in [0.5, 0.6) is 0 Å². The first kappa shape index (κ1) is 25.5. The fraction of sp³-hybridized carbons (Fsp3) is 0.931. The standard InChI is InChI=1S/C29H47NO5/c1-17(6-9-25(33)30-14-4-5-23(30)27(34)35)20-7-8-21-26-22(11-13-29(20,21)3)28(2)12-10-19(31)15-18(28)16-24(26)32/h17-24,26,31-32H,4-16H2,1-3H3,(H,34,35)/t17?,18-,19-,20-,21?,22?,23-,24+,26?,28+,29-/m1/s1. The van der Waals surface area contributed by atoms with Crippen LogP contribution in [0.2, 0.25) is 0 Å². The predicted octanol–water partition coefficient (Wildman–Crippen LogP) is 4.47. The summed E-state index contributed by atoms with van der Waals surface area (Å²) in [5.41, 5.74) is 0.455. The lowest BCUT2D eigenvalue weighted by Gasteiger charge is -2.62. The molecule has 0 aromatic rings. The van der Waals surface area contributed by atoms with Gasteiger partial charge in [-0.25, -0.2) is 4.79 Å². The number of rotatable bonds is 5. The number of amides is 1. The minimum absolute atomic E-state index is 0.00585. The van der Waals surface area contributed by atoms with Crippen LogP contribution in [0.25, 0.3) is 0 Å². The summed E-state index contributed by atoms with van der Waals surface area (Å²) in [7, 11) is 0. The Morgan fingerprint density at radius 2 is 1.69 bits per heavy atom. The lowest BCUT2D eigenvalue weighted by Crippen LogP contribution is -2.58. The maximum Gasteiger partial charge on any atom is 0.326 e. The van der Waals surface area contributed by atoms with Gasteiger partial charge in [0.15, 0.2) is 0 Å². The van der Waals surface area contributed by atoms with Gasteiger partial charge in [0.2, 0.25) is 5.91 Å². The number of carboxylic acids is 1. The number of carbonyl (C=O) groups excluding carboxylic acids is 1. The van der Waals surface area contributed by atoms with Gasteiger partial charge >= 0.3 is 5.97 Å². The SMILES string of the molecule is CC(CCC(=O)N1CCC[C@@H]1C(=O)O)[C@H]1CCC2C3C(CC[C@@]21C)[C@@]1(C)CC[C@@H](O)C[C@@H]1C[C@@H]3O. The first-order chi connectivity index (χ1) is 16.6. The lowest BCUT2D eigenvalue weighted by atomic mass is 9.43. The van der Waals surface area contributed by atoms with Crippen molar-refractivity contribution in [1.29, 1.82) is 0 Å². The Bertz CT molecular complexity index is 832. The van der Waals surface area contributed by atoms with Crippen LogP contribution in [0, 0.1) is 46.3 Å². The van der Waals surface area contributed by atoms with Crippen molar-refractivity contribution < 1.29 is 24.9 Å². The zero-order valence-corrected chi connectivity index (χ0v) is 22.0. The largest absolute Gasteiger partial charge is 0.480 e.